The monoisotopic (exact) mass is 424 g/mol. The highest BCUT2D eigenvalue weighted by atomic mass is 32.2. The highest BCUT2D eigenvalue weighted by Crippen LogP contribution is 2.26. The summed E-state index contributed by atoms with van der Waals surface area (Å²) in [4.78, 5) is 14.1. The van der Waals surface area contributed by atoms with E-state index in [0.29, 0.717) is 48.2 Å². The third-order valence-corrected chi connectivity index (χ3v) is 7.35. The number of nitrogens with zero attached hydrogens (tertiary/aromatic N) is 1. The van der Waals surface area contributed by atoms with Gasteiger partial charge in [-0.2, -0.15) is 0 Å². The van der Waals surface area contributed by atoms with Crippen molar-refractivity contribution in [2.24, 2.45) is 0 Å². The highest BCUT2D eigenvalue weighted by Gasteiger charge is 2.27. The number of piperidine rings is 1. The van der Waals surface area contributed by atoms with Gasteiger partial charge in [-0.15, -0.1) is 11.3 Å². The van der Waals surface area contributed by atoms with Crippen molar-refractivity contribution in [2.75, 3.05) is 26.3 Å². The highest BCUT2D eigenvalue weighted by molar-refractivity contribution is 7.91. The molecule has 0 aliphatic carbocycles. The Morgan fingerprint density at radius 1 is 1.14 bits per heavy atom. The maximum atomic E-state index is 12.4. The molecule has 1 aromatic heterocycles. The van der Waals surface area contributed by atoms with E-state index in [2.05, 4.69) is 4.72 Å². The Hall–Kier alpha value is -2.10. The van der Waals surface area contributed by atoms with Gasteiger partial charge in [0.2, 0.25) is 10.0 Å². The first-order valence-electron chi connectivity index (χ1n) is 9.18. The average Bonchev–Trinajstić information content (AvgIpc) is 3.23. The molecule has 7 nitrogen and oxygen atoms in total. The fourth-order valence-corrected chi connectivity index (χ4v) is 5.33. The molecule has 9 heteroatoms. The summed E-state index contributed by atoms with van der Waals surface area (Å²) in [6, 6.07) is 10.4. The van der Waals surface area contributed by atoms with Crippen LogP contribution >= 0.6 is 11.3 Å². The van der Waals surface area contributed by atoms with E-state index in [0.717, 1.165) is 0 Å². The van der Waals surface area contributed by atoms with Crippen molar-refractivity contribution in [3.63, 3.8) is 0 Å². The molecular formula is C19H24N2O5S2. The molecule has 1 aromatic carbocycles. The van der Waals surface area contributed by atoms with Crippen LogP contribution in [-0.2, 0) is 14.8 Å². The molecule has 0 unspecified atom stereocenters. The number of carbonyl (C=O) groups excluding carboxylic acids is 1. The topological polar surface area (TPSA) is 84.9 Å². The number of amides is 1. The van der Waals surface area contributed by atoms with Crippen LogP contribution in [0.15, 0.2) is 46.0 Å². The molecular weight excluding hydrogens is 400 g/mol. The SMILES string of the molecule is CCOc1ccccc1OCC(=O)N1CCC(NS(=O)(=O)c2cccs2)CC1. The molecule has 1 aliphatic rings. The van der Waals surface area contributed by atoms with E-state index in [1.165, 1.54) is 11.3 Å². The van der Waals surface area contributed by atoms with E-state index in [4.69, 9.17) is 9.47 Å². The van der Waals surface area contributed by atoms with Crippen molar-refractivity contribution in [2.45, 2.75) is 30.0 Å². The molecule has 1 fully saturated rings. The van der Waals surface area contributed by atoms with E-state index in [-0.39, 0.29) is 18.6 Å². The summed E-state index contributed by atoms with van der Waals surface area (Å²) < 4.78 is 38.8. The number of likely N-dealkylation sites (tertiary alicyclic amines) is 1. The largest absolute Gasteiger partial charge is 0.490 e. The van der Waals surface area contributed by atoms with Crippen LogP contribution in [-0.4, -0.2) is 51.6 Å². The number of hydrogen-bond acceptors (Lipinski definition) is 6. The first kappa shape index (κ1) is 20.6. The molecule has 0 bridgehead atoms. The Balaban J connectivity index is 1.48. The lowest BCUT2D eigenvalue weighted by Crippen LogP contribution is -2.47. The van der Waals surface area contributed by atoms with Crippen LogP contribution in [0.3, 0.4) is 0 Å². The molecule has 28 heavy (non-hydrogen) atoms. The lowest BCUT2D eigenvalue weighted by atomic mass is 10.1. The van der Waals surface area contributed by atoms with Gasteiger partial charge in [-0.1, -0.05) is 18.2 Å². The van der Waals surface area contributed by atoms with E-state index in [1.54, 1.807) is 34.5 Å². The lowest BCUT2D eigenvalue weighted by molar-refractivity contribution is -0.134. The summed E-state index contributed by atoms with van der Waals surface area (Å²) >= 11 is 1.19. The maximum absolute atomic E-state index is 12.4. The normalized spacial score (nSPS) is 15.4. The van der Waals surface area contributed by atoms with Crippen molar-refractivity contribution in [1.29, 1.82) is 0 Å². The predicted molar refractivity (Wildman–Crippen MR) is 107 cm³/mol. The van der Waals surface area contributed by atoms with Crippen molar-refractivity contribution < 1.29 is 22.7 Å². The summed E-state index contributed by atoms with van der Waals surface area (Å²) in [5.74, 6) is 1.03. The second-order valence-electron chi connectivity index (χ2n) is 6.38. The first-order valence-corrected chi connectivity index (χ1v) is 11.5. The summed E-state index contributed by atoms with van der Waals surface area (Å²) in [6.07, 6.45) is 1.15. The van der Waals surface area contributed by atoms with Crippen LogP contribution in [0.25, 0.3) is 0 Å². The van der Waals surface area contributed by atoms with Crippen LogP contribution in [0, 0.1) is 0 Å². The molecule has 0 radical (unpaired) electrons. The maximum Gasteiger partial charge on any atom is 0.260 e. The number of nitrogens with one attached hydrogen (secondary N) is 1. The lowest BCUT2D eigenvalue weighted by Gasteiger charge is -2.32. The van der Waals surface area contributed by atoms with E-state index in [1.807, 2.05) is 19.1 Å². The summed E-state index contributed by atoms with van der Waals surface area (Å²) in [6.45, 7) is 3.32. The molecule has 1 N–H and O–H groups in total. The number of thiophene rings is 1. The van der Waals surface area contributed by atoms with Gasteiger partial charge in [0.15, 0.2) is 18.1 Å². The number of ether oxygens (including phenoxy) is 2. The van der Waals surface area contributed by atoms with Gasteiger partial charge in [0.1, 0.15) is 4.21 Å². The van der Waals surface area contributed by atoms with E-state index < -0.39 is 10.0 Å². The zero-order valence-corrected chi connectivity index (χ0v) is 17.3. The van der Waals surface area contributed by atoms with Gasteiger partial charge in [0, 0.05) is 19.1 Å². The minimum Gasteiger partial charge on any atom is -0.490 e. The van der Waals surface area contributed by atoms with Crippen LogP contribution in [0.2, 0.25) is 0 Å². The van der Waals surface area contributed by atoms with Crippen molar-refractivity contribution in [1.82, 2.24) is 9.62 Å². The van der Waals surface area contributed by atoms with Gasteiger partial charge in [-0.05, 0) is 43.3 Å². The minimum absolute atomic E-state index is 0.0737. The Labute approximate surface area is 169 Å². The minimum atomic E-state index is -3.48. The van der Waals surface area contributed by atoms with Gasteiger partial charge in [-0.25, -0.2) is 13.1 Å². The molecule has 1 amide bonds. The molecule has 0 saturated carbocycles. The van der Waals surface area contributed by atoms with Crippen molar-refractivity contribution >= 4 is 27.3 Å². The molecule has 152 valence electrons. The fourth-order valence-electron chi connectivity index (χ4n) is 3.02. The fraction of sp³-hybridized carbons (Fsp3) is 0.421. The number of rotatable bonds is 8. The van der Waals surface area contributed by atoms with E-state index in [9.17, 15) is 13.2 Å². The molecule has 0 spiro atoms. The smallest absolute Gasteiger partial charge is 0.260 e. The zero-order valence-electron chi connectivity index (χ0n) is 15.7. The van der Waals surface area contributed by atoms with Gasteiger partial charge in [-0.3, -0.25) is 4.79 Å². The summed E-state index contributed by atoms with van der Waals surface area (Å²) in [5, 5.41) is 1.74. The Morgan fingerprint density at radius 2 is 1.82 bits per heavy atom. The van der Waals surface area contributed by atoms with Crippen molar-refractivity contribution in [3.05, 3.63) is 41.8 Å². The number of para-hydroxylation sites is 2. The third-order valence-electron chi connectivity index (χ3n) is 4.43. The standard InChI is InChI=1S/C19H24N2O5S2/c1-2-25-16-6-3-4-7-17(16)26-14-18(22)21-11-9-15(10-12-21)20-28(23,24)19-8-5-13-27-19/h3-8,13,15,20H,2,9-12,14H2,1H3. The first-order chi connectivity index (χ1) is 13.5. The molecule has 1 saturated heterocycles. The van der Waals surface area contributed by atoms with Crippen LogP contribution in [0.1, 0.15) is 19.8 Å². The summed E-state index contributed by atoms with van der Waals surface area (Å²) in [7, 11) is -3.48. The Morgan fingerprint density at radius 3 is 2.43 bits per heavy atom. The predicted octanol–water partition coefficient (Wildman–Crippen LogP) is 2.50. The number of carbonyl (C=O) groups is 1. The second kappa shape index (κ2) is 9.40. The molecule has 3 rings (SSSR count). The number of benzene rings is 1. The third kappa shape index (κ3) is 5.24. The van der Waals surface area contributed by atoms with Gasteiger partial charge < -0.3 is 14.4 Å². The molecule has 1 aliphatic heterocycles. The summed E-state index contributed by atoms with van der Waals surface area (Å²) in [5.41, 5.74) is 0. The van der Waals surface area contributed by atoms with Crippen LogP contribution in [0.5, 0.6) is 11.5 Å². The molecule has 2 heterocycles. The van der Waals surface area contributed by atoms with E-state index >= 15 is 0 Å². The van der Waals surface area contributed by atoms with Crippen molar-refractivity contribution in [3.8, 4) is 11.5 Å². The molecule has 0 atom stereocenters. The Kier molecular flexibility index (Phi) is 6.93. The molecule has 2 aromatic rings. The quantitative estimate of drug-likeness (QED) is 0.704. The van der Waals surface area contributed by atoms with Crippen LogP contribution < -0.4 is 14.2 Å². The Bertz CT molecular complexity index is 875. The zero-order chi connectivity index (χ0) is 20.0. The second-order valence-corrected chi connectivity index (χ2v) is 9.27. The number of hydrogen-bond donors (Lipinski definition) is 1. The average molecular weight is 425 g/mol. The van der Waals surface area contributed by atoms with Gasteiger partial charge >= 0.3 is 0 Å². The van der Waals surface area contributed by atoms with Gasteiger partial charge in [0.05, 0.1) is 6.61 Å². The number of sulfonamides is 1. The van der Waals surface area contributed by atoms with Gasteiger partial charge in [0.25, 0.3) is 5.91 Å². The van der Waals surface area contributed by atoms with Crippen LogP contribution in [0.4, 0.5) is 0 Å².